The van der Waals surface area contributed by atoms with E-state index >= 15 is 0 Å². The van der Waals surface area contributed by atoms with Gasteiger partial charge in [-0.25, -0.2) is 0 Å². The van der Waals surface area contributed by atoms with Gasteiger partial charge in [-0.3, -0.25) is 10.1 Å². The Labute approximate surface area is 125 Å². The summed E-state index contributed by atoms with van der Waals surface area (Å²) in [5.74, 6) is 0. The largest absolute Gasteiger partial charge is 0.379 e. The van der Waals surface area contributed by atoms with Crippen LogP contribution in [-0.2, 0) is 4.84 Å². The quantitative estimate of drug-likeness (QED) is 0.644. The van der Waals surface area contributed by atoms with E-state index in [0.29, 0.717) is 21.9 Å². The van der Waals surface area contributed by atoms with Crippen LogP contribution in [0.3, 0.4) is 0 Å². The average molecular weight is 303 g/mol. The Morgan fingerprint density at radius 2 is 1.90 bits per heavy atom. The van der Waals surface area contributed by atoms with Gasteiger partial charge in [-0.15, -0.1) is 0 Å². The van der Waals surface area contributed by atoms with Gasteiger partial charge < -0.3 is 4.84 Å². The molecule has 0 bridgehead atoms. The molecule has 0 saturated heterocycles. The first kappa shape index (κ1) is 13.6. The van der Waals surface area contributed by atoms with Gasteiger partial charge in [0.2, 0.25) is 6.10 Å². The zero-order valence-electron chi connectivity index (χ0n) is 10.8. The first-order valence-electron chi connectivity index (χ1n) is 6.35. The van der Waals surface area contributed by atoms with E-state index in [-0.39, 0.29) is 4.92 Å². The standard InChI is InChI=1S/C15H11ClN2O3/c16-12-8-4-7-11(9-12)15-14(18(19)20)13(17-21-15)10-5-2-1-3-6-10/h1-9,14-15H/t14-,15+/m1/s1. The van der Waals surface area contributed by atoms with Crippen LogP contribution in [0.25, 0.3) is 0 Å². The monoisotopic (exact) mass is 302 g/mol. The van der Waals surface area contributed by atoms with Crippen LogP contribution in [0.2, 0.25) is 5.02 Å². The summed E-state index contributed by atoms with van der Waals surface area (Å²) in [5.41, 5.74) is 1.65. The van der Waals surface area contributed by atoms with Crippen LogP contribution in [0.15, 0.2) is 59.8 Å². The summed E-state index contributed by atoms with van der Waals surface area (Å²) >= 11 is 5.94. The topological polar surface area (TPSA) is 64.7 Å². The lowest BCUT2D eigenvalue weighted by Gasteiger charge is -2.13. The van der Waals surface area contributed by atoms with Gasteiger partial charge >= 0.3 is 6.04 Å². The van der Waals surface area contributed by atoms with Gasteiger partial charge in [0.15, 0.2) is 5.71 Å². The van der Waals surface area contributed by atoms with Crippen LogP contribution >= 0.6 is 11.6 Å². The maximum Gasteiger partial charge on any atom is 0.301 e. The van der Waals surface area contributed by atoms with Gasteiger partial charge in [0.25, 0.3) is 0 Å². The molecule has 3 rings (SSSR count). The molecule has 1 aliphatic rings. The highest BCUT2D eigenvalue weighted by atomic mass is 35.5. The summed E-state index contributed by atoms with van der Waals surface area (Å²) in [7, 11) is 0. The Bertz CT molecular complexity index is 703. The highest BCUT2D eigenvalue weighted by Gasteiger charge is 2.45. The second kappa shape index (κ2) is 5.54. The molecule has 0 radical (unpaired) electrons. The van der Waals surface area contributed by atoms with E-state index < -0.39 is 12.1 Å². The molecular formula is C15H11ClN2O3. The average Bonchev–Trinajstić information content (AvgIpc) is 2.93. The molecule has 0 aliphatic carbocycles. The predicted molar refractivity (Wildman–Crippen MR) is 79.0 cm³/mol. The van der Waals surface area contributed by atoms with E-state index in [1.807, 2.05) is 18.2 Å². The number of benzene rings is 2. The second-order valence-corrected chi connectivity index (χ2v) is 5.09. The summed E-state index contributed by atoms with van der Waals surface area (Å²) < 4.78 is 0. The van der Waals surface area contributed by atoms with E-state index in [0.717, 1.165) is 0 Å². The van der Waals surface area contributed by atoms with Gasteiger partial charge in [0, 0.05) is 21.1 Å². The van der Waals surface area contributed by atoms with Crippen molar-refractivity contribution in [1.82, 2.24) is 0 Å². The van der Waals surface area contributed by atoms with E-state index in [4.69, 9.17) is 16.4 Å². The Hall–Kier alpha value is -2.40. The van der Waals surface area contributed by atoms with Gasteiger partial charge in [-0.1, -0.05) is 59.2 Å². The van der Waals surface area contributed by atoms with Crippen LogP contribution in [0.5, 0.6) is 0 Å². The van der Waals surface area contributed by atoms with Gasteiger partial charge in [-0.05, 0) is 12.1 Å². The molecule has 6 heteroatoms. The maximum atomic E-state index is 11.5. The zero-order valence-corrected chi connectivity index (χ0v) is 11.6. The Morgan fingerprint density at radius 1 is 1.14 bits per heavy atom. The summed E-state index contributed by atoms with van der Waals surface area (Å²) in [4.78, 5) is 16.4. The summed E-state index contributed by atoms with van der Waals surface area (Å²) in [6.07, 6.45) is -0.770. The van der Waals surface area contributed by atoms with Crippen molar-refractivity contribution in [3.05, 3.63) is 80.9 Å². The molecule has 5 nitrogen and oxygen atoms in total. The van der Waals surface area contributed by atoms with Crippen LogP contribution in [-0.4, -0.2) is 16.7 Å². The predicted octanol–water partition coefficient (Wildman–Crippen LogP) is 3.46. The summed E-state index contributed by atoms with van der Waals surface area (Å²) in [6.45, 7) is 0. The fourth-order valence-electron chi connectivity index (χ4n) is 2.34. The minimum atomic E-state index is -1.05. The van der Waals surface area contributed by atoms with Crippen molar-refractivity contribution in [3.8, 4) is 0 Å². The molecule has 0 fully saturated rings. The maximum absolute atomic E-state index is 11.5. The smallest absolute Gasteiger partial charge is 0.301 e. The molecule has 2 aromatic rings. The number of nitrogens with zero attached hydrogens (tertiary/aromatic N) is 2. The third kappa shape index (κ3) is 2.60. The number of rotatable bonds is 3. The number of hydrogen-bond acceptors (Lipinski definition) is 4. The molecule has 1 heterocycles. The van der Waals surface area contributed by atoms with Crippen LogP contribution in [0.1, 0.15) is 17.2 Å². The van der Waals surface area contributed by atoms with E-state index in [1.54, 1.807) is 36.4 Å². The molecule has 2 atom stereocenters. The molecular weight excluding hydrogens is 292 g/mol. The lowest BCUT2D eigenvalue weighted by molar-refractivity contribution is -0.512. The van der Waals surface area contributed by atoms with Crippen LogP contribution in [0, 0.1) is 10.1 Å². The number of oxime groups is 1. The molecule has 2 aromatic carbocycles. The Balaban J connectivity index is 1.98. The van der Waals surface area contributed by atoms with Crippen molar-refractivity contribution in [3.63, 3.8) is 0 Å². The fraction of sp³-hybridized carbons (Fsp3) is 0.133. The number of nitro groups is 1. The number of hydrogen-bond donors (Lipinski definition) is 0. The minimum Gasteiger partial charge on any atom is -0.379 e. The Morgan fingerprint density at radius 3 is 2.57 bits per heavy atom. The third-order valence-electron chi connectivity index (χ3n) is 3.31. The van der Waals surface area contributed by atoms with Crippen molar-refractivity contribution >= 4 is 17.3 Å². The molecule has 0 aromatic heterocycles. The second-order valence-electron chi connectivity index (χ2n) is 4.65. The van der Waals surface area contributed by atoms with Gasteiger partial charge in [-0.2, -0.15) is 0 Å². The molecule has 21 heavy (non-hydrogen) atoms. The van der Waals surface area contributed by atoms with Crippen LogP contribution < -0.4 is 0 Å². The third-order valence-corrected chi connectivity index (χ3v) is 3.54. The van der Waals surface area contributed by atoms with Crippen molar-refractivity contribution in [2.45, 2.75) is 12.1 Å². The lowest BCUT2D eigenvalue weighted by Crippen LogP contribution is -2.32. The molecule has 0 amide bonds. The van der Waals surface area contributed by atoms with E-state index in [1.165, 1.54) is 0 Å². The molecule has 0 saturated carbocycles. The summed E-state index contributed by atoms with van der Waals surface area (Å²) in [6, 6.07) is 14.8. The van der Waals surface area contributed by atoms with Gasteiger partial charge in [0.1, 0.15) is 0 Å². The minimum absolute atomic E-state index is 0.325. The van der Waals surface area contributed by atoms with E-state index in [9.17, 15) is 10.1 Å². The fourth-order valence-corrected chi connectivity index (χ4v) is 2.54. The molecule has 1 aliphatic heterocycles. The zero-order chi connectivity index (χ0) is 14.8. The van der Waals surface area contributed by atoms with Crippen LogP contribution in [0.4, 0.5) is 0 Å². The van der Waals surface area contributed by atoms with E-state index in [2.05, 4.69) is 5.16 Å². The first-order valence-corrected chi connectivity index (χ1v) is 6.72. The molecule has 0 N–H and O–H groups in total. The van der Waals surface area contributed by atoms with Crippen molar-refractivity contribution in [2.24, 2.45) is 5.16 Å². The Kier molecular flexibility index (Phi) is 3.58. The highest BCUT2D eigenvalue weighted by molar-refractivity contribution is 6.30. The molecule has 0 spiro atoms. The first-order chi connectivity index (χ1) is 10.2. The lowest BCUT2D eigenvalue weighted by atomic mass is 9.95. The SMILES string of the molecule is O=[N+]([O-])[C@@H]1C(c2ccccc2)=NO[C@H]1c1cccc(Cl)c1. The highest BCUT2D eigenvalue weighted by Crippen LogP contribution is 2.32. The molecule has 106 valence electrons. The summed E-state index contributed by atoms with van der Waals surface area (Å²) in [5, 5.41) is 15.9. The van der Waals surface area contributed by atoms with Gasteiger partial charge in [0.05, 0.1) is 0 Å². The molecule has 0 unspecified atom stereocenters. The number of halogens is 1. The van der Waals surface area contributed by atoms with Crippen molar-refractivity contribution < 1.29 is 9.76 Å². The van der Waals surface area contributed by atoms with Crippen molar-refractivity contribution in [1.29, 1.82) is 0 Å². The normalized spacial score (nSPS) is 20.7. The van der Waals surface area contributed by atoms with Crippen molar-refractivity contribution in [2.75, 3.05) is 0 Å².